The normalized spacial score (nSPS) is 10.7. The van der Waals surface area contributed by atoms with Crippen molar-refractivity contribution in [1.82, 2.24) is 15.0 Å². The van der Waals surface area contributed by atoms with Crippen LogP contribution in [0.15, 0.2) is 54.7 Å². The van der Waals surface area contributed by atoms with Gasteiger partial charge in [0.1, 0.15) is 5.75 Å². The van der Waals surface area contributed by atoms with E-state index in [4.69, 9.17) is 0 Å². The van der Waals surface area contributed by atoms with Crippen molar-refractivity contribution in [3.05, 3.63) is 71.5 Å². The van der Waals surface area contributed by atoms with E-state index in [2.05, 4.69) is 10.3 Å². The first-order valence-electron chi connectivity index (χ1n) is 6.97. The molecule has 0 unspecified atom stereocenters. The molecule has 0 amide bonds. The third kappa shape index (κ3) is 3.11. The molecule has 0 fully saturated rings. The van der Waals surface area contributed by atoms with E-state index in [-0.39, 0.29) is 0 Å². The monoisotopic (exact) mass is 279 g/mol. The van der Waals surface area contributed by atoms with Crippen molar-refractivity contribution >= 4 is 0 Å². The number of benzene rings is 2. The number of phenolic OH excluding ortho intramolecular Hbond substituents is 1. The number of hydrogen-bond acceptors (Lipinski definition) is 3. The maximum absolute atomic E-state index is 9.85. The van der Waals surface area contributed by atoms with Crippen molar-refractivity contribution in [2.75, 3.05) is 0 Å². The van der Waals surface area contributed by atoms with E-state index in [1.807, 2.05) is 55.6 Å². The minimum absolute atomic E-state index is 0.344. The molecule has 4 nitrogen and oxygen atoms in total. The largest absolute Gasteiger partial charge is 0.508 e. The molecule has 1 aromatic heterocycles. The zero-order valence-electron chi connectivity index (χ0n) is 11.9. The van der Waals surface area contributed by atoms with Crippen LogP contribution in [0.3, 0.4) is 0 Å². The van der Waals surface area contributed by atoms with E-state index in [1.54, 1.807) is 10.7 Å². The minimum atomic E-state index is 0.344. The van der Waals surface area contributed by atoms with Crippen LogP contribution >= 0.6 is 0 Å². The molecule has 0 bridgehead atoms. The summed E-state index contributed by atoms with van der Waals surface area (Å²) >= 11 is 0. The second-order valence-electron chi connectivity index (χ2n) is 5.12. The van der Waals surface area contributed by atoms with E-state index in [0.717, 1.165) is 35.3 Å². The summed E-state index contributed by atoms with van der Waals surface area (Å²) in [5, 5.41) is 18.2. The zero-order valence-corrected chi connectivity index (χ0v) is 11.9. The summed E-state index contributed by atoms with van der Waals surface area (Å²) in [6.07, 6.45) is 3.44. The molecule has 1 N–H and O–H groups in total. The van der Waals surface area contributed by atoms with Crippen LogP contribution in [0.25, 0.3) is 5.69 Å². The van der Waals surface area contributed by atoms with E-state index in [0.29, 0.717) is 5.75 Å². The summed E-state index contributed by atoms with van der Waals surface area (Å²) in [4.78, 5) is 0. The fourth-order valence-corrected chi connectivity index (χ4v) is 2.30. The topological polar surface area (TPSA) is 50.9 Å². The van der Waals surface area contributed by atoms with Crippen molar-refractivity contribution in [1.29, 1.82) is 0 Å². The van der Waals surface area contributed by atoms with Crippen molar-refractivity contribution in [2.45, 2.75) is 19.8 Å². The summed E-state index contributed by atoms with van der Waals surface area (Å²) in [5.74, 6) is 0.344. The average Bonchev–Trinajstić information content (AvgIpc) is 2.98. The Morgan fingerprint density at radius 1 is 1.05 bits per heavy atom. The number of phenols is 1. The van der Waals surface area contributed by atoms with Crippen LogP contribution in [0, 0.1) is 6.92 Å². The lowest BCUT2D eigenvalue weighted by Crippen LogP contribution is -1.94. The number of hydrogen-bond donors (Lipinski definition) is 1. The fraction of sp³-hybridized carbons (Fsp3) is 0.176. The lowest BCUT2D eigenvalue weighted by molar-refractivity contribution is 0.467. The highest BCUT2D eigenvalue weighted by molar-refractivity contribution is 5.36. The molecule has 0 atom stereocenters. The van der Waals surface area contributed by atoms with Gasteiger partial charge in [-0.05, 0) is 43.5 Å². The van der Waals surface area contributed by atoms with Crippen molar-refractivity contribution in [3.63, 3.8) is 0 Å². The summed E-state index contributed by atoms with van der Waals surface area (Å²) in [6, 6.07) is 15.6. The molecule has 1 heterocycles. The van der Waals surface area contributed by atoms with Crippen LogP contribution in [-0.2, 0) is 12.8 Å². The van der Waals surface area contributed by atoms with Gasteiger partial charge in [-0.25, -0.2) is 4.68 Å². The Labute approximate surface area is 123 Å². The molecule has 0 aliphatic carbocycles. The van der Waals surface area contributed by atoms with Gasteiger partial charge in [-0.15, -0.1) is 5.10 Å². The molecule has 4 heteroatoms. The molecular formula is C17H17N3O. The quantitative estimate of drug-likeness (QED) is 0.798. The van der Waals surface area contributed by atoms with Gasteiger partial charge < -0.3 is 5.11 Å². The summed E-state index contributed by atoms with van der Waals surface area (Å²) in [5.41, 5.74) is 4.01. The Bertz CT molecular complexity index is 735. The lowest BCUT2D eigenvalue weighted by Gasteiger charge is -2.04. The van der Waals surface area contributed by atoms with Crippen LogP contribution in [-0.4, -0.2) is 20.1 Å². The summed E-state index contributed by atoms with van der Waals surface area (Å²) < 4.78 is 1.77. The Hall–Kier alpha value is -2.62. The standard InChI is InChI=1S/C17H17N3O/c1-13-7-10-17(21)14(11-13)8-9-15-12-20(19-18-15)16-5-3-2-4-6-16/h2-7,10-12,21H,8-9H2,1H3. The first-order chi connectivity index (χ1) is 10.2. The number of aromatic nitrogens is 3. The van der Waals surface area contributed by atoms with Gasteiger partial charge in [0.2, 0.25) is 0 Å². The van der Waals surface area contributed by atoms with Crippen molar-refractivity contribution in [3.8, 4) is 11.4 Å². The predicted octanol–water partition coefficient (Wildman–Crippen LogP) is 3.07. The Morgan fingerprint density at radius 2 is 1.86 bits per heavy atom. The number of aryl methyl sites for hydroxylation is 3. The van der Waals surface area contributed by atoms with Gasteiger partial charge in [0.25, 0.3) is 0 Å². The number of nitrogens with zero attached hydrogens (tertiary/aromatic N) is 3. The molecule has 0 aliphatic rings. The zero-order chi connectivity index (χ0) is 14.7. The summed E-state index contributed by atoms with van der Waals surface area (Å²) in [7, 11) is 0. The van der Waals surface area contributed by atoms with E-state index in [9.17, 15) is 5.11 Å². The third-order valence-corrected chi connectivity index (χ3v) is 3.45. The molecule has 2 aromatic carbocycles. The Morgan fingerprint density at radius 3 is 2.67 bits per heavy atom. The number of rotatable bonds is 4. The molecule has 3 rings (SSSR count). The predicted molar refractivity (Wildman–Crippen MR) is 81.6 cm³/mol. The highest BCUT2D eigenvalue weighted by Crippen LogP contribution is 2.20. The van der Waals surface area contributed by atoms with Gasteiger partial charge in [0, 0.05) is 0 Å². The maximum atomic E-state index is 9.85. The molecular weight excluding hydrogens is 262 g/mol. The van der Waals surface area contributed by atoms with Crippen LogP contribution in [0.5, 0.6) is 5.75 Å². The van der Waals surface area contributed by atoms with Crippen LogP contribution in [0.2, 0.25) is 0 Å². The van der Waals surface area contributed by atoms with Gasteiger partial charge in [-0.1, -0.05) is 41.1 Å². The van der Waals surface area contributed by atoms with Gasteiger partial charge in [-0.3, -0.25) is 0 Å². The molecule has 106 valence electrons. The first kappa shape index (κ1) is 13.4. The average molecular weight is 279 g/mol. The Kier molecular flexibility index (Phi) is 3.69. The van der Waals surface area contributed by atoms with Gasteiger partial charge in [0.15, 0.2) is 0 Å². The van der Waals surface area contributed by atoms with Crippen molar-refractivity contribution in [2.24, 2.45) is 0 Å². The van der Waals surface area contributed by atoms with Gasteiger partial charge in [-0.2, -0.15) is 0 Å². The number of para-hydroxylation sites is 1. The SMILES string of the molecule is Cc1ccc(O)c(CCc2cn(-c3ccccc3)nn2)c1. The van der Waals surface area contributed by atoms with Crippen LogP contribution in [0.4, 0.5) is 0 Å². The molecule has 0 saturated carbocycles. The lowest BCUT2D eigenvalue weighted by atomic mass is 10.0. The first-order valence-corrected chi connectivity index (χ1v) is 6.97. The highest BCUT2D eigenvalue weighted by Gasteiger charge is 2.06. The second-order valence-corrected chi connectivity index (χ2v) is 5.12. The smallest absolute Gasteiger partial charge is 0.118 e. The fourth-order valence-electron chi connectivity index (χ4n) is 2.30. The molecule has 0 radical (unpaired) electrons. The Balaban J connectivity index is 1.72. The summed E-state index contributed by atoms with van der Waals surface area (Å²) in [6.45, 7) is 2.02. The van der Waals surface area contributed by atoms with Crippen molar-refractivity contribution < 1.29 is 5.11 Å². The maximum Gasteiger partial charge on any atom is 0.118 e. The van der Waals surface area contributed by atoms with Crippen LogP contribution < -0.4 is 0 Å². The molecule has 0 aliphatic heterocycles. The highest BCUT2D eigenvalue weighted by atomic mass is 16.3. The molecule has 3 aromatic rings. The van der Waals surface area contributed by atoms with E-state index in [1.165, 1.54) is 0 Å². The number of aromatic hydroxyl groups is 1. The second kappa shape index (κ2) is 5.79. The third-order valence-electron chi connectivity index (χ3n) is 3.45. The van der Waals surface area contributed by atoms with E-state index < -0.39 is 0 Å². The minimum Gasteiger partial charge on any atom is -0.508 e. The van der Waals surface area contributed by atoms with E-state index >= 15 is 0 Å². The molecule has 21 heavy (non-hydrogen) atoms. The van der Waals surface area contributed by atoms with Crippen LogP contribution in [0.1, 0.15) is 16.8 Å². The van der Waals surface area contributed by atoms with Gasteiger partial charge >= 0.3 is 0 Å². The molecule has 0 spiro atoms. The van der Waals surface area contributed by atoms with Gasteiger partial charge in [0.05, 0.1) is 17.6 Å². The molecule has 0 saturated heterocycles.